The van der Waals surface area contributed by atoms with Gasteiger partial charge in [0.15, 0.2) is 0 Å². The number of hydrogen-bond acceptors (Lipinski definition) is 5. The summed E-state index contributed by atoms with van der Waals surface area (Å²) < 4.78 is 10.9. The fourth-order valence-electron chi connectivity index (χ4n) is 2.67. The molecule has 2 atom stereocenters. The highest BCUT2D eigenvalue weighted by atomic mass is 32.1. The Morgan fingerprint density at radius 3 is 2.90 bits per heavy atom. The van der Waals surface area contributed by atoms with Gasteiger partial charge >= 0.3 is 0 Å². The average Bonchev–Trinajstić information content (AvgIpc) is 2.46. The van der Waals surface area contributed by atoms with Crippen LogP contribution in [0, 0.1) is 0 Å². The smallest absolute Gasteiger partial charge is 0.129 e. The Labute approximate surface area is 130 Å². The van der Waals surface area contributed by atoms with Gasteiger partial charge in [-0.1, -0.05) is 18.3 Å². The molecule has 0 aromatic heterocycles. The van der Waals surface area contributed by atoms with Gasteiger partial charge in [0.25, 0.3) is 0 Å². The number of benzene rings is 1. The molecule has 1 saturated heterocycles. The molecule has 0 bridgehead atoms. The monoisotopic (exact) mass is 310 g/mol. The van der Waals surface area contributed by atoms with Crippen molar-refractivity contribution in [3.63, 3.8) is 0 Å². The summed E-state index contributed by atoms with van der Waals surface area (Å²) in [5, 5.41) is 9.28. The zero-order chi connectivity index (χ0) is 15.4. The maximum absolute atomic E-state index is 9.28. The first-order valence-corrected chi connectivity index (χ1v) is 7.39. The third-order valence-corrected chi connectivity index (χ3v) is 3.76. The molecule has 1 fully saturated rings. The molecule has 1 aromatic carbocycles. The first-order valence-electron chi connectivity index (χ1n) is 6.99. The van der Waals surface area contributed by atoms with E-state index in [1.807, 2.05) is 25.1 Å². The molecule has 6 heteroatoms. The van der Waals surface area contributed by atoms with E-state index in [-0.39, 0.29) is 18.8 Å². The van der Waals surface area contributed by atoms with Crippen LogP contribution in [0.2, 0.25) is 0 Å². The van der Waals surface area contributed by atoms with Crippen molar-refractivity contribution in [2.75, 3.05) is 26.8 Å². The molecular formula is C15H22N2O3S. The van der Waals surface area contributed by atoms with Gasteiger partial charge < -0.3 is 20.3 Å². The third-order valence-electron chi connectivity index (χ3n) is 3.54. The lowest BCUT2D eigenvalue weighted by Crippen LogP contribution is -2.47. The highest BCUT2D eigenvalue weighted by Gasteiger charge is 2.24. The van der Waals surface area contributed by atoms with Crippen molar-refractivity contribution in [3.05, 3.63) is 29.3 Å². The van der Waals surface area contributed by atoms with Gasteiger partial charge in [0.05, 0.1) is 31.5 Å². The van der Waals surface area contributed by atoms with E-state index in [1.54, 1.807) is 7.11 Å². The van der Waals surface area contributed by atoms with E-state index >= 15 is 0 Å². The zero-order valence-corrected chi connectivity index (χ0v) is 13.2. The Bertz CT molecular complexity index is 510. The Hall–Kier alpha value is -1.21. The van der Waals surface area contributed by atoms with E-state index in [1.165, 1.54) is 0 Å². The van der Waals surface area contributed by atoms with Crippen molar-refractivity contribution in [2.24, 2.45) is 5.73 Å². The number of aliphatic hydroxyl groups excluding tert-OH is 1. The quantitative estimate of drug-likeness (QED) is 0.788. The fourth-order valence-corrected chi connectivity index (χ4v) is 2.83. The van der Waals surface area contributed by atoms with Gasteiger partial charge in [0, 0.05) is 19.6 Å². The van der Waals surface area contributed by atoms with Crippen molar-refractivity contribution in [1.82, 2.24) is 4.90 Å². The Kier molecular flexibility index (Phi) is 5.52. The summed E-state index contributed by atoms with van der Waals surface area (Å²) >= 11 is 5.07. The molecule has 116 valence electrons. The molecule has 5 nitrogen and oxygen atoms in total. The maximum Gasteiger partial charge on any atom is 0.129 e. The van der Waals surface area contributed by atoms with E-state index in [4.69, 9.17) is 27.4 Å². The number of ether oxygens (including phenoxy) is 2. The minimum atomic E-state index is -0.123. The van der Waals surface area contributed by atoms with Crippen molar-refractivity contribution in [1.29, 1.82) is 0 Å². The van der Waals surface area contributed by atoms with Crippen LogP contribution < -0.4 is 10.5 Å². The minimum absolute atomic E-state index is 0.0432. The zero-order valence-electron chi connectivity index (χ0n) is 12.4. The number of nitrogens with zero attached hydrogens (tertiary/aromatic N) is 1. The van der Waals surface area contributed by atoms with Gasteiger partial charge in [-0.3, -0.25) is 4.90 Å². The van der Waals surface area contributed by atoms with Crippen molar-refractivity contribution < 1.29 is 14.6 Å². The second-order valence-electron chi connectivity index (χ2n) is 5.34. The highest BCUT2D eigenvalue weighted by molar-refractivity contribution is 7.80. The Morgan fingerprint density at radius 1 is 1.52 bits per heavy atom. The number of rotatable bonds is 5. The number of nitrogens with two attached hydrogens (primary N) is 1. The van der Waals surface area contributed by atoms with Crippen LogP contribution in [0.15, 0.2) is 18.2 Å². The third kappa shape index (κ3) is 4.14. The molecule has 1 aliphatic rings. The summed E-state index contributed by atoms with van der Waals surface area (Å²) in [6.45, 7) is 4.38. The first-order chi connectivity index (χ1) is 10.0. The van der Waals surface area contributed by atoms with Crippen LogP contribution in [-0.4, -0.2) is 54.0 Å². The number of hydrogen-bond donors (Lipinski definition) is 2. The van der Waals surface area contributed by atoms with Crippen molar-refractivity contribution >= 4 is 17.2 Å². The van der Waals surface area contributed by atoms with Crippen LogP contribution >= 0.6 is 12.2 Å². The topological polar surface area (TPSA) is 68.0 Å². The summed E-state index contributed by atoms with van der Waals surface area (Å²) in [7, 11) is 1.60. The van der Waals surface area contributed by atoms with E-state index in [0.717, 1.165) is 30.8 Å². The number of morpholine rings is 1. The molecule has 0 aliphatic carbocycles. The largest absolute Gasteiger partial charge is 0.496 e. The molecule has 21 heavy (non-hydrogen) atoms. The van der Waals surface area contributed by atoms with E-state index in [2.05, 4.69) is 4.90 Å². The van der Waals surface area contributed by atoms with Gasteiger partial charge in [0.2, 0.25) is 0 Å². The predicted octanol–water partition coefficient (Wildman–Crippen LogP) is 0.911. The highest BCUT2D eigenvalue weighted by Crippen LogP contribution is 2.22. The van der Waals surface area contributed by atoms with Crippen LogP contribution in [0.25, 0.3) is 0 Å². The SMILES string of the molecule is COc1ccc(CN2CC(C)OC(CO)C2)cc1C(N)=S. The Balaban J connectivity index is 2.12. The lowest BCUT2D eigenvalue weighted by atomic mass is 10.1. The number of methoxy groups -OCH3 is 1. The van der Waals surface area contributed by atoms with Crippen LogP contribution in [-0.2, 0) is 11.3 Å². The van der Waals surface area contributed by atoms with Crippen LogP contribution in [0.5, 0.6) is 5.75 Å². The molecule has 0 saturated carbocycles. The molecule has 0 spiro atoms. The van der Waals surface area contributed by atoms with Crippen molar-refractivity contribution in [3.8, 4) is 5.75 Å². The predicted molar refractivity (Wildman–Crippen MR) is 85.6 cm³/mol. The first kappa shape index (κ1) is 16.2. The standard InChI is InChI=1S/C15H22N2O3S/c1-10-6-17(8-12(9-18)20-10)7-11-3-4-14(19-2)13(5-11)15(16)21/h3-5,10,12,18H,6-9H2,1-2H3,(H2,16,21). The molecule has 2 rings (SSSR count). The summed E-state index contributed by atoms with van der Waals surface area (Å²) in [6.07, 6.45) is -0.00810. The van der Waals surface area contributed by atoms with Gasteiger partial charge in [-0.2, -0.15) is 0 Å². The van der Waals surface area contributed by atoms with Gasteiger partial charge in [-0.15, -0.1) is 0 Å². The normalized spacial score (nSPS) is 23.0. The van der Waals surface area contributed by atoms with E-state index in [9.17, 15) is 5.11 Å². The molecule has 1 aromatic rings. The van der Waals surface area contributed by atoms with Gasteiger partial charge in [-0.25, -0.2) is 0 Å². The fraction of sp³-hybridized carbons (Fsp3) is 0.533. The molecule has 0 radical (unpaired) electrons. The minimum Gasteiger partial charge on any atom is -0.496 e. The molecular weight excluding hydrogens is 288 g/mol. The second-order valence-corrected chi connectivity index (χ2v) is 5.78. The maximum atomic E-state index is 9.28. The number of aliphatic hydroxyl groups is 1. The summed E-state index contributed by atoms with van der Waals surface area (Å²) in [6, 6.07) is 5.86. The van der Waals surface area contributed by atoms with E-state index in [0.29, 0.717) is 10.7 Å². The van der Waals surface area contributed by atoms with Gasteiger partial charge in [-0.05, 0) is 24.6 Å². The summed E-state index contributed by atoms with van der Waals surface area (Å²) in [4.78, 5) is 2.59. The molecule has 0 amide bonds. The number of thiocarbonyl (C=S) groups is 1. The Morgan fingerprint density at radius 2 is 2.29 bits per heavy atom. The van der Waals surface area contributed by atoms with Crippen LogP contribution in [0.4, 0.5) is 0 Å². The van der Waals surface area contributed by atoms with Crippen molar-refractivity contribution in [2.45, 2.75) is 25.7 Å². The summed E-state index contributed by atoms with van der Waals surface area (Å²) in [5.41, 5.74) is 7.61. The van der Waals surface area contributed by atoms with E-state index < -0.39 is 0 Å². The molecule has 2 unspecified atom stereocenters. The van der Waals surface area contributed by atoms with Gasteiger partial charge in [0.1, 0.15) is 10.7 Å². The molecule has 1 aliphatic heterocycles. The second kappa shape index (κ2) is 7.17. The molecule has 1 heterocycles. The lowest BCUT2D eigenvalue weighted by Gasteiger charge is -2.36. The summed E-state index contributed by atoms with van der Waals surface area (Å²) in [5.74, 6) is 0.690. The van der Waals surface area contributed by atoms with Crippen LogP contribution in [0.3, 0.4) is 0 Å². The average molecular weight is 310 g/mol. The van der Waals surface area contributed by atoms with Crippen LogP contribution in [0.1, 0.15) is 18.1 Å². The lowest BCUT2D eigenvalue weighted by molar-refractivity contribution is -0.0972. The molecule has 3 N–H and O–H groups in total.